The second-order valence-corrected chi connectivity index (χ2v) is 5.44. The highest BCUT2D eigenvalue weighted by molar-refractivity contribution is 5.95. The minimum absolute atomic E-state index is 0. The molecule has 3 heterocycles. The first-order valence-corrected chi connectivity index (χ1v) is 7.16. The molecule has 2 aliphatic rings. The highest BCUT2D eigenvalue weighted by atomic mass is 35.5. The molecule has 2 aliphatic heterocycles. The monoisotopic (exact) mass is 348 g/mol. The fourth-order valence-corrected chi connectivity index (χ4v) is 2.74. The minimum atomic E-state index is -0.429. The SMILES string of the molecule is Cl.Cl.O=C(Nc1ccc(N2CCCC2)nc1)C1CC(O)CN1. The Balaban J connectivity index is 0.00000121. The number of anilines is 2. The molecule has 6 nitrogen and oxygen atoms in total. The molecule has 0 aromatic carbocycles. The van der Waals surface area contributed by atoms with Crippen LogP contribution in [0.25, 0.3) is 0 Å². The van der Waals surface area contributed by atoms with Crippen LogP contribution in [0, 0.1) is 0 Å². The fraction of sp³-hybridized carbons (Fsp3) is 0.571. The van der Waals surface area contributed by atoms with Gasteiger partial charge >= 0.3 is 0 Å². The van der Waals surface area contributed by atoms with E-state index in [0.717, 1.165) is 18.9 Å². The zero-order valence-corrected chi connectivity index (χ0v) is 13.8. The summed E-state index contributed by atoms with van der Waals surface area (Å²) in [5.41, 5.74) is 0.695. The molecule has 0 spiro atoms. The summed E-state index contributed by atoms with van der Waals surface area (Å²) in [5.74, 6) is 0.854. The van der Waals surface area contributed by atoms with Gasteiger partial charge in [-0.05, 0) is 31.4 Å². The van der Waals surface area contributed by atoms with Crippen molar-refractivity contribution in [2.45, 2.75) is 31.4 Å². The van der Waals surface area contributed by atoms with Crippen LogP contribution in [0.2, 0.25) is 0 Å². The van der Waals surface area contributed by atoms with Gasteiger partial charge in [0.25, 0.3) is 0 Å². The van der Waals surface area contributed by atoms with Gasteiger partial charge in [-0.15, -0.1) is 24.8 Å². The number of hydrogen-bond acceptors (Lipinski definition) is 5. The summed E-state index contributed by atoms with van der Waals surface area (Å²) in [6.07, 6.45) is 4.16. The normalized spacial score (nSPS) is 23.6. The van der Waals surface area contributed by atoms with Gasteiger partial charge in [0.1, 0.15) is 5.82 Å². The number of rotatable bonds is 3. The van der Waals surface area contributed by atoms with Gasteiger partial charge in [-0.1, -0.05) is 0 Å². The van der Waals surface area contributed by atoms with Crippen LogP contribution in [-0.4, -0.2) is 47.8 Å². The van der Waals surface area contributed by atoms with Gasteiger partial charge in [0.15, 0.2) is 0 Å². The molecule has 1 amide bonds. The number of amides is 1. The summed E-state index contributed by atoms with van der Waals surface area (Å²) in [7, 11) is 0. The van der Waals surface area contributed by atoms with Crippen LogP contribution in [0.3, 0.4) is 0 Å². The van der Waals surface area contributed by atoms with Crippen LogP contribution in [0.1, 0.15) is 19.3 Å². The maximum Gasteiger partial charge on any atom is 0.241 e. The van der Waals surface area contributed by atoms with Crippen molar-refractivity contribution in [3.05, 3.63) is 18.3 Å². The van der Waals surface area contributed by atoms with Gasteiger partial charge < -0.3 is 20.6 Å². The smallest absolute Gasteiger partial charge is 0.241 e. The Labute approximate surface area is 142 Å². The van der Waals surface area contributed by atoms with Crippen LogP contribution >= 0.6 is 24.8 Å². The van der Waals surface area contributed by atoms with E-state index in [1.54, 1.807) is 6.20 Å². The summed E-state index contributed by atoms with van der Waals surface area (Å²) in [4.78, 5) is 18.6. The van der Waals surface area contributed by atoms with Gasteiger partial charge in [0.2, 0.25) is 5.91 Å². The second kappa shape index (κ2) is 8.53. The number of carbonyl (C=O) groups excluding carboxylic acids is 1. The Kier molecular flexibility index (Phi) is 7.35. The molecular weight excluding hydrogens is 327 g/mol. The number of halogens is 2. The van der Waals surface area contributed by atoms with Crippen molar-refractivity contribution in [3.8, 4) is 0 Å². The summed E-state index contributed by atoms with van der Waals surface area (Å²) in [5, 5.41) is 15.2. The number of nitrogens with one attached hydrogen (secondary N) is 2. The van der Waals surface area contributed by atoms with Crippen molar-refractivity contribution in [2.75, 3.05) is 29.9 Å². The molecule has 0 radical (unpaired) electrons. The van der Waals surface area contributed by atoms with E-state index in [9.17, 15) is 9.90 Å². The van der Waals surface area contributed by atoms with E-state index in [0.29, 0.717) is 18.7 Å². The average Bonchev–Trinajstić information content (AvgIpc) is 3.10. The van der Waals surface area contributed by atoms with Gasteiger partial charge in [0.05, 0.1) is 24.0 Å². The third-order valence-corrected chi connectivity index (χ3v) is 3.87. The van der Waals surface area contributed by atoms with Crippen molar-refractivity contribution in [1.29, 1.82) is 0 Å². The third-order valence-electron chi connectivity index (χ3n) is 3.87. The molecule has 124 valence electrons. The minimum Gasteiger partial charge on any atom is -0.392 e. The molecule has 0 aliphatic carbocycles. The molecule has 2 saturated heterocycles. The van der Waals surface area contributed by atoms with Crippen LogP contribution < -0.4 is 15.5 Å². The lowest BCUT2D eigenvalue weighted by Gasteiger charge is -2.16. The fourth-order valence-electron chi connectivity index (χ4n) is 2.74. The van der Waals surface area contributed by atoms with Crippen molar-refractivity contribution in [3.63, 3.8) is 0 Å². The standard InChI is InChI=1S/C14H20N4O2.2ClH/c19-11-7-12(15-9-11)14(20)17-10-3-4-13(16-8-10)18-5-1-2-6-18;;/h3-4,8,11-12,15,19H,1-2,5-7,9H2,(H,17,20);2*1H. The lowest BCUT2D eigenvalue weighted by atomic mass is 10.2. The van der Waals surface area contributed by atoms with E-state index in [1.807, 2.05) is 12.1 Å². The molecule has 2 fully saturated rings. The number of pyridine rings is 1. The Hall–Kier alpha value is -1.08. The summed E-state index contributed by atoms with van der Waals surface area (Å²) in [6, 6.07) is 3.50. The molecule has 8 heteroatoms. The predicted octanol–water partition coefficient (Wildman–Crippen LogP) is 1.19. The van der Waals surface area contributed by atoms with Gasteiger partial charge in [-0.2, -0.15) is 0 Å². The van der Waals surface area contributed by atoms with E-state index in [2.05, 4.69) is 20.5 Å². The van der Waals surface area contributed by atoms with E-state index in [-0.39, 0.29) is 36.8 Å². The third kappa shape index (κ3) is 4.46. The summed E-state index contributed by atoms with van der Waals surface area (Å²) in [6.45, 7) is 2.59. The summed E-state index contributed by atoms with van der Waals surface area (Å²) >= 11 is 0. The zero-order chi connectivity index (χ0) is 13.9. The quantitative estimate of drug-likeness (QED) is 0.764. The van der Waals surface area contributed by atoms with Crippen molar-refractivity contribution in [1.82, 2.24) is 10.3 Å². The average molecular weight is 349 g/mol. The topological polar surface area (TPSA) is 77.5 Å². The molecule has 3 rings (SSSR count). The lowest BCUT2D eigenvalue weighted by molar-refractivity contribution is -0.117. The predicted molar refractivity (Wildman–Crippen MR) is 91.2 cm³/mol. The van der Waals surface area contributed by atoms with Crippen molar-refractivity contribution < 1.29 is 9.90 Å². The number of β-amino-alcohol motifs (C(OH)–C–C–N with tert-alkyl or cyclic N) is 1. The zero-order valence-electron chi connectivity index (χ0n) is 12.2. The number of aromatic nitrogens is 1. The van der Waals surface area contributed by atoms with Gasteiger partial charge in [-0.25, -0.2) is 4.98 Å². The summed E-state index contributed by atoms with van der Waals surface area (Å²) < 4.78 is 0. The molecular formula is C14H22Cl2N4O2. The Morgan fingerprint density at radius 1 is 1.32 bits per heavy atom. The molecule has 0 bridgehead atoms. The first-order valence-electron chi connectivity index (χ1n) is 7.16. The molecule has 2 atom stereocenters. The molecule has 2 unspecified atom stereocenters. The first-order chi connectivity index (χ1) is 9.72. The van der Waals surface area contributed by atoms with Crippen LogP contribution in [0.5, 0.6) is 0 Å². The van der Waals surface area contributed by atoms with Crippen LogP contribution in [0.15, 0.2) is 18.3 Å². The van der Waals surface area contributed by atoms with Gasteiger partial charge in [-0.3, -0.25) is 4.79 Å². The van der Waals surface area contributed by atoms with E-state index in [4.69, 9.17) is 0 Å². The lowest BCUT2D eigenvalue weighted by Crippen LogP contribution is -2.35. The van der Waals surface area contributed by atoms with Crippen molar-refractivity contribution in [2.24, 2.45) is 0 Å². The Bertz CT molecular complexity index is 480. The van der Waals surface area contributed by atoms with E-state index < -0.39 is 6.10 Å². The molecule has 1 aromatic heterocycles. The largest absolute Gasteiger partial charge is 0.392 e. The molecule has 3 N–H and O–H groups in total. The number of aliphatic hydroxyl groups excluding tert-OH is 1. The number of aliphatic hydroxyl groups is 1. The molecule has 1 aromatic rings. The highest BCUT2D eigenvalue weighted by Gasteiger charge is 2.28. The second-order valence-electron chi connectivity index (χ2n) is 5.44. The highest BCUT2D eigenvalue weighted by Crippen LogP contribution is 2.19. The Morgan fingerprint density at radius 2 is 2.05 bits per heavy atom. The van der Waals surface area contributed by atoms with Gasteiger partial charge in [0, 0.05) is 19.6 Å². The van der Waals surface area contributed by atoms with Crippen molar-refractivity contribution >= 4 is 42.2 Å². The van der Waals surface area contributed by atoms with Crippen LogP contribution in [0.4, 0.5) is 11.5 Å². The number of carbonyl (C=O) groups is 1. The maximum absolute atomic E-state index is 12.0. The van der Waals surface area contributed by atoms with E-state index in [1.165, 1.54) is 12.8 Å². The Morgan fingerprint density at radius 3 is 2.59 bits per heavy atom. The van der Waals surface area contributed by atoms with E-state index >= 15 is 0 Å². The molecule has 22 heavy (non-hydrogen) atoms. The number of nitrogens with zero attached hydrogens (tertiary/aromatic N) is 2. The first kappa shape index (κ1) is 19.0. The number of hydrogen-bond donors (Lipinski definition) is 3. The van der Waals surface area contributed by atoms with Crippen LogP contribution in [-0.2, 0) is 4.79 Å². The maximum atomic E-state index is 12.0. The molecule has 0 saturated carbocycles.